The number of ether oxygens (including phenoxy) is 1. The van der Waals surface area contributed by atoms with Crippen LogP contribution in [0.2, 0.25) is 0 Å². The van der Waals surface area contributed by atoms with Crippen LogP contribution in [0.15, 0.2) is 0 Å². The minimum absolute atomic E-state index is 0.00967. The van der Waals surface area contributed by atoms with Gasteiger partial charge in [-0.3, -0.25) is 4.79 Å². The first-order valence-corrected chi connectivity index (χ1v) is 9.06. The molecule has 1 atom stereocenters. The molecule has 0 radical (unpaired) electrons. The van der Waals surface area contributed by atoms with Gasteiger partial charge in [0.25, 0.3) is 0 Å². The molecule has 0 amide bonds. The summed E-state index contributed by atoms with van der Waals surface area (Å²) in [5.41, 5.74) is -0.760. The van der Waals surface area contributed by atoms with Gasteiger partial charge in [-0.15, -0.1) is 0 Å². The van der Waals surface area contributed by atoms with Crippen LogP contribution in [0.4, 0.5) is 0 Å². The van der Waals surface area contributed by atoms with E-state index in [2.05, 4.69) is 46.1 Å². The van der Waals surface area contributed by atoms with Crippen LogP contribution in [0.3, 0.4) is 0 Å². The van der Waals surface area contributed by atoms with Crippen LogP contribution in [-0.4, -0.2) is 29.0 Å². The Labute approximate surface area is 136 Å². The lowest BCUT2D eigenvalue weighted by Gasteiger charge is -2.45. The maximum Gasteiger partial charge on any atom is 0.327 e. The van der Waals surface area contributed by atoms with Gasteiger partial charge in [0.2, 0.25) is 0 Å². The number of hydrogen-bond acceptors (Lipinski definition) is 5. The number of carbonyl (C=O) groups is 1. The molecule has 0 bridgehead atoms. The molecule has 0 rings (SSSR count). The normalized spacial score (nSPS) is 15.7. The van der Waals surface area contributed by atoms with Gasteiger partial charge in [-0.2, -0.15) is 0 Å². The first-order chi connectivity index (χ1) is 9.92. The summed E-state index contributed by atoms with van der Waals surface area (Å²) in [7, 11) is -2.40. The minimum Gasteiger partial charge on any atom is -0.463 e. The van der Waals surface area contributed by atoms with Crippen LogP contribution >= 0.6 is 8.60 Å². The molecule has 0 fully saturated rings. The number of rotatable bonds is 10. The van der Waals surface area contributed by atoms with Gasteiger partial charge in [0.05, 0.1) is 12.0 Å². The predicted octanol–water partition coefficient (Wildman–Crippen LogP) is 4.03. The molecule has 0 aromatic carbocycles. The second-order valence-electron chi connectivity index (χ2n) is 7.49. The van der Waals surface area contributed by atoms with Gasteiger partial charge in [-0.1, -0.05) is 48.0 Å². The van der Waals surface area contributed by atoms with E-state index < -0.39 is 14.0 Å². The molecule has 0 spiro atoms. The van der Waals surface area contributed by atoms with Crippen LogP contribution in [0, 0.1) is 16.2 Å². The third-order valence-corrected chi connectivity index (χ3v) is 5.55. The first-order valence-electron chi connectivity index (χ1n) is 7.90. The third kappa shape index (κ3) is 6.11. The zero-order valence-electron chi connectivity index (χ0n) is 15.1. The fourth-order valence-corrected chi connectivity index (χ4v) is 2.71. The van der Waals surface area contributed by atoms with E-state index in [4.69, 9.17) is 14.5 Å². The number of esters is 1. The summed E-state index contributed by atoms with van der Waals surface area (Å²) in [5.74, 6) is -0.246. The van der Waals surface area contributed by atoms with Crippen LogP contribution in [-0.2, 0) is 14.1 Å². The van der Waals surface area contributed by atoms with E-state index in [1.54, 1.807) is 0 Å². The molecule has 6 heteroatoms. The third-order valence-electron chi connectivity index (χ3n) is 5.14. The Morgan fingerprint density at radius 3 is 1.95 bits per heavy atom. The summed E-state index contributed by atoms with van der Waals surface area (Å²) in [5, 5.41) is 0. The van der Waals surface area contributed by atoms with E-state index in [1.165, 1.54) is 0 Å². The van der Waals surface area contributed by atoms with Gasteiger partial charge in [-0.05, 0) is 30.6 Å². The summed E-state index contributed by atoms with van der Waals surface area (Å²) in [6, 6.07) is 0. The van der Waals surface area contributed by atoms with E-state index in [1.807, 2.05) is 6.92 Å². The molecule has 0 aromatic heterocycles. The molecular weight excluding hydrogens is 303 g/mol. The Balaban J connectivity index is 5.04. The monoisotopic (exact) mass is 336 g/mol. The SMILES string of the molecule is CCC(C)(C)CC(C)(C(=O)OCCOP(O)O)C(C)(C)CC. The molecule has 2 N–H and O–H groups in total. The summed E-state index contributed by atoms with van der Waals surface area (Å²) < 4.78 is 10.00. The molecule has 132 valence electrons. The first kappa shape index (κ1) is 21.8. The van der Waals surface area contributed by atoms with Crippen molar-refractivity contribution >= 4 is 14.6 Å². The molecule has 0 aliphatic carbocycles. The molecule has 0 aliphatic heterocycles. The highest BCUT2D eigenvalue weighted by Gasteiger charge is 2.49. The molecule has 5 nitrogen and oxygen atoms in total. The zero-order valence-corrected chi connectivity index (χ0v) is 16.0. The van der Waals surface area contributed by atoms with E-state index in [-0.39, 0.29) is 30.0 Å². The van der Waals surface area contributed by atoms with Crippen molar-refractivity contribution in [1.82, 2.24) is 0 Å². The smallest absolute Gasteiger partial charge is 0.327 e. The zero-order chi connectivity index (χ0) is 17.6. The highest BCUT2D eigenvalue weighted by Crippen LogP contribution is 2.50. The van der Waals surface area contributed by atoms with Crippen LogP contribution in [0.5, 0.6) is 0 Å². The maximum absolute atomic E-state index is 12.7. The van der Waals surface area contributed by atoms with Crippen molar-refractivity contribution in [2.24, 2.45) is 16.2 Å². The highest BCUT2D eigenvalue weighted by molar-refractivity contribution is 7.39. The topological polar surface area (TPSA) is 76.0 Å². The van der Waals surface area contributed by atoms with Gasteiger partial charge in [-0.25, -0.2) is 0 Å². The molecule has 0 saturated carbocycles. The van der Waals surface area contributed by atoms with Gasteiger partial charge in [0.1, 0.15) is 6.61 Å². The molecule has 22 heavy (non-hydrogen) atoms. The summed E-state index contributed by atoms with van der Waals surface area (Å²) in [6.45, 7) is 14.7. The maximum atomic E-state index is 12.7. The summed E-state index contributed by atoms with van der Waals surface area (Å²) >= 11 is 0. The molecule has 0 heterocycles. The Morgan fingerprint density at radius 2 is 1.55 bits per heavy atom. The van der Waals surface area contributed by atoms with E-state index in [0.717, 1.165) is 19.3 Å². The lowest BCUT2D eigenvalue weighted by molar-refractivity contribution is -0.167. The van der Waals surface area contributed by atoms with Crippen molar-refractivity contribution in [2.45, 2.75) is 67.7 Å². The lowest BCUT2D eigenvalue weighted by atomic mass is 9.58. The van der Waals surface area contributed by atoms with E-state index >= 15 is 0 Å². The summed E-state index contributed by atoms with van der Waals surface area (Å²) in [6.07, 6.45) is 2.59. The quantitative estimate of drug-likeness (QED) is 0.358. The van der Waals surface area contributed by atoms with E-state index in [9.17, 15) is 4.79 Å². The Morgan fingerprint density at radius 1 is 1.00 bits per heavy atom. The average molecular weight is 336 g/mol. The Kier molecular flexibility index (Phi) is 8.50. The Bertz CT molecular complexity index is 354. The van der Waals surface area contributed by atoms with Crippen molar-refractivity contribution in [3.05, 3.63) is 0 Å². The van der Waals surface area contributed by atoms with Crippen molar-refractivity contribution in [2.75, 3.05) is 13.2 Å². The van der Waals surface area contributed by atoms with Gasteiger partial charge in [0.15, 0.2) is 0 Å². The lowest BCUT2D eigenvalue weighted by Crippen LogP contribution is -2.46. The molecule has 0 aliphatic rings. The summed E-state index contributed by atoms with van der Waals surface area (Å²) in [4.78, 5) is 30.1. The van der Waals surface area contributed by atoms with Gasteiger partial charge < -0.3 is 19.0 Å². The molecular formula is C16H33O5P. The van der Waals surface area contributed by atoms with Crippen molar-refractivity contribution in [3.8, 4) is 0 Å². The largest absolute Gasteiger partial charge is 0.463 e. The van der Waals surface area contributed by atoms with Crippen LogP contribution in [0.25, 0.3) is 0 Å². The molecule has 1 unspecified atom stereocenters. The fourth-order valence-electron chi connectivity index (χ4n) is 2.47. The van der Waals surface area contributed by atoms with Crippen molar-refractivity contribution in [3.63, 3.8) is 0 Å². The standard InChI is InChI=1S/C16H33O5P/c1-8-14(3,4)12-16(7,15(5,6)9-2)13(17)20-10-11-21-22(18)19/h18-19H,8-12H2,1-7H3. The van der Waals surface area contributed by atoms with Crippen molar-refractivity contribution < 1.29 is 23.8 Å². The number of carbonyl (C=O) groups excluding carboxylic acids is 1. The van der Waals surface area contributed by atoms with Gasteiger partial charge >= 0.3 is 14.6 Å². The average Bonchev–Trinajstić information content (AvgIpc) is 2.42. The highest BCUT2D eigenvalue weighted by atomic mass is 31.2. The van der Waals surface area contributed by atoms with Crippen LogP contribution < -0.4 is 0 Å². The second-order valence-corrected chi connectivity index (χ2v) is 8.25. The van der Waals surface area contributed by atoms with Crippen LogP contribution in [0.1, 0.15) is 67.7 Å². The van der Waals surface area contributed by atoms with E-state index in [0.29, 0.717) is 0 Å². The fraction of sp³-hybridized carbons (Fsp3) is 0.938. The predicted molar refractivity (Wildman–Crippen MR) is 89.1 cm³/mol. The van der Waals surface area contributed by atoms with Crippen molar-refractivity contribution in [1.29, 1.82) is 0 Å². The minimum atomic E-state index is -2.40. The second kappa shape index (κ2) is 8.58. The molecule has 0 aromatic rings. The Hall–Kier alpha value is -0.220. The number of hydrogen-bond donors (Lipinski definition) is 2. The molecule has 0 saturated heterocycles. The van der Waals surface area contributed by atoms with Gasteiger partial charge in [0, 0.05) is 0 Å².